The van der Waals surface area contributed by atoms with Gasteiger partial charge >= 0.3 is 5.97 Å². The molecule has 2 aromatic heterocycles. The number of methoxy groups -OCH3 is 2. The van der Waals surface area contributed by atoms with Gasteiger partial charge in [-0.3, -0.25) is 9.59 Å². The third-order valence-electron chi connectivity index (χ3n) is 5.94. The van der Waals surface area contributed by atoms with Gasteiger partial charge in [0, 0.05) is 47.8 Å². The smallest absolute Gasteiger partial charge is 0.311 e. The van der Waals surface area contributed by atoms with Crippen LogP contribution in [-0.2, 0) is 17.8 Å². The summed E-state index contributed by atoms with van der Waals surface area (Å²) in [6.07, 6.45) is 4.12. The molecule has 5 rings (SSSR count). The normalized spacial score (nSPS) is 13.6. The van der Waals surface area contributed by atoms with Gasteiger partial charge in [0.15, 0.2) is 5.76 Å². The summed E-state index contributed by atoms with van der Waals surface area (Å²) in [5, 5.41) is 4.65. The lowest BCUT2D eigenvalue weighted by atomic mass is 10.1. The molecule has 0 atom stereocenters. The van der Waals surface area contributed by atoms with Gasteiger partial charge in [0.1, 0.15) is 23.0 Å². The molecule has 36 heavy (non-hydrogen) atoms. The number of aryl methyl sites for hydroxylation is 2. The minimum atomic E-state index is -0.452. The van der Waals surface area contributed by atoms with Crippen LogP contribution in [-0.4, -0.2) is 35.7 Å². The molecule has 0 fully saturated rings. The van der Waals surface area contributed by atoms with E-state index >= 15 is 0 Å². The standard InChI is InChI=1S/C27H24N2O7/c1-4-29-15-16(21-12-17(32-2)6-9-22(21)29)11-24-27(31)20-8-5-18(13-23(20)35-24)34-26(30)10-7-19-14-25(33-3)28-36-19/h5-6,8-9,11-15H,4,7,10H2,1-3H3/b24-11-. The van der Waals surface area contributed by atoms with Crippen molar-refractivity contribution in [3.8, 4) is 23.1 Å². The Balaban J connectivity index is 1.32. The molecule has 0 bridgehead atoms. The van der Waals surface area contributed by atoms with Gasteiger partial charge in [-0.05, 0) is 48.5 Å². The van der Waals surface area contributed by atoms with Crippen molar-refractivity contribution in [1.82, 2.24) is 9.72 Å². The summed E-state index contributed by atoms with van der Waals surface area (Å²) >= 11 is 0. The van der Waals surface area contributed by atoms with E-state index < -0.39 is 5.97 Å². The Bertz CT molecular complexity index is 1500. The Labute approximate surface area is 206 Å². The Kier molecular flexibility index (Phi) is 6.20. The second-order valence-electron chi connectivity index (χ2n) is 8.16. The first-order valence-corrected chi connectivity index (χ1v) is 11.4. The van der Waals surface area contributed by atoms with Gasteiger partial charge < -0.3 is 28.0 Å². The minimum absolute atomic E-state index is 0.0886. The van der Waals surface area contributed by atoms with Crippen LogP contribution in [0.25, 0.3) is 17.0 Å². The quantitative estimate of drug-likeness (QED) is 0.198. The zero-order chi connectivity index (χ0) is 25.2. The summed E-state index contributed by atoms with van der Waals surface area (Å²) in [6.45, 7) is 2.83. The van der Waals surface area contributed by atoms with Crippen LogP contribution in [0.4, 0.5) is 0 Å². The Hall–Kier alpha value is -4.53. The first-order chi connectivity index (χ1) is 17.5. The van der Waals surface area contributed by atoms with E-state index in [1.807, 2.05) is 24.4 Å². The molecule has 3 heterocycles. The van der Waals surface area contributed by atoms with Crippen molar-refractivity contribution in [2.45, 2.75) is 26.3 Å². The summed E-state index contributed by atoms with van der Waals surface area (Å²) in [6, 6.07) is 12.2. The Morgan fingerprint density at radius 1 is 1.08 bits per heavy atom. The second kappa shape index (κ2) is 9.61. The van der Waals surface area contributed by atoms with Crippen molar-refractivity contribution in [1.29, 1.82) is 0 Å². The molecule has 0 aliphatic carbocycles. The summed E-state index contributed by atoms with van der Waals surface area (Å²) in [5.74, 6) is 1.74. The maximum absolute atomic E-state index is 13.0. The highest BCUT2D eigenvalue weighted by Gasteiger charge is 2.28. The average molecular weight is 488 g/mol. The number of hydrogen-bond donors (Lipinski definition) is 0. The highest BCUT2D eigenvalue weighted by atomic mass is 16.5. The molecular formula is C27H24N2O7. The maximum atomic E-state index is 13.0. The molecule has 0 spiro atoms. The van der Waals surface area contributed by atoms with Gasteiger partial charge in [-0.25, -0.2) is 0 Å². The van der Waals surface area contributed by atoms with Crippen molar-refractivity contribution in [3.05, 3.63) is 71.3 Å². The zero-order valence-corrected chi connectivity index (χ0v) is 20.1. The van der Waals surface area contributed by atoms with E-state index in [-0.39, 0.29) is 23.7 Å². The number of Topliss-reactive ketones (excluding diaryl/α,β-unsaturated/α-hetero) is 1. The van der Waals surface area contributed by atoms with Crippen LogP contribution in [0.2, 0.25) is 0 Å². The van der Waals surface area contributed by atoms with Gasteiger partial charge in [0.05, 0.1) is 26.2 Å². The van der Waals surface area contributed by atoms with Crippen LogP contribution in [0.3, 0.4) is 0 Å². The van der Waals surface area contributed by atoms with Crippen LogP contribution in [0.15, 0.2) is 58.9 Å². The summed E-state index contributed by atoms with van der Waals surface area (Å²) < 4.78 is 28.8. The maximum Gasteiger partial charge on any atom is 0.311 e. The Morgan fingerprint density at radius 3 is 2.67 bits per heavy atom. The fraction of sp³-hybridized carbons (Fsp3) is 0.222. The van der Waals surface area contributed by atoms with Crippen LogP contribution < -0.4 is 18.9 Å². The van der Waals surface area contributed by atoms with E-state index in [4.69, 9.17) is 23.5 Å². The van der Waals surface area contributed by atoms with E-state index in [0.717, 1.165) is 28.8 Å². The van der Waals surface area contributed by atoms with Gasteiger partial charge in [0.2, 0.25) is 5.78 Å². The summed E-state index contributed by atoms with van der Waals surface area (Å²) in [5.41, 5.74) is 2.29. The number of fused-ring (bicyclic) bond motifs is 2. The second-order valence-corrected chi connectivity index (χ2v) is 8.16. The monoisotopic (exact) mass is 488 g/mol. The lowest BCUT2D eigenvalue weighted by Gasteiger charge is -2.05. The molecule has 9 nitrogen and oxygen atoms in total. The van der Waals surface area contributed by atoms with E-state index in [0.29, 0.717) is 29.4 Å². The molecule has 0 unspecified atom stereocenters. The van der Waals surface area contributed by atoms with Crippen LogP contribution in [0.1, 0.15) is 35.0 Å². The third-order valence-corrected chi connectivity index (χ3v) is 5.94. The molecule has 0 N–H and O–H groups in total. The molecule has 9 heteroatoms. The lowest BCUT2D eigenvalue weighted by molar-refractivity contribution is -0.134. The summed E-state index contributed by atoms with van der Waals surface area (Å²) in [7, 11) is 3.10. The molecule has 0 saturated heterocycles. The van der Waals surface area contributed by atoms with Crippen molar-refractivity contribution < 1.29 is 33.1 Å². The lowest BCUT2D eigenvalue weighted by Crippen LogP contribution is -2.08. The average Bonchev–Trinajstić information content (AvgIpc) is 3.58. The van der Waals surface area contributed by atoms with E-state index in [1.54, 1.807) is 37.5 Å². The van der Waals surface area contributed by atoms with Crippen LogP contribution >= 0.6 is 0 Å². The minimum Gasteiger partial charge on any atom is -0.497 e. The van der Waals surface area contributed by atoms with Crippen LogP contribution in [0.5, 0.6) is 23.1 Å². The number of carbonyl (C=O) groups is 2. The largest absolute Gasteiger partial charge is 0.497 e. The Morgan fingerprint density at radius 2 is 1.92 bits per heavy atom. The fourth-order valence-corrected chi connectivity index (χ4v) is 4.10. The highest BCUT2D eigenvalue weighted by molar-refractivity contribution is 6.15. The molecule has 0 radical (unpaired) electrons. The molecular weight excluding hydrogens is 464 g/mol. The SMILES string of the molecule is CCn1cc(/C=C2\Oc3cc(OC(=O)CCc4cc(OC)no4)ccc3C2=O)c2cc(OC)ccc21. The molecule has 0 amide bonds. The fourth-order valence-electron chi connectivity index (χ4n) is 4.10. The van der Waals surface area contributed by atoms with E-state index in [9.17, 15) is 9.59 Å². The number of hydrogen-bond acceptors (Lipinski definition) is 8. The number of nitrogens with zero attached hydrogens (tertiary/aromatic N) is 2. The van der Waals surface area contributed by atoms with Gasteiger partial charge in [-0.15, -0.1) is 0 Å². The number of aromatic nitrogens is 2. The summed E-state index contributed by atoms with van der Waals surface area (Å²) in [4.78, 5) is 25.3. The first kappa shape index (κ1) is 23.2. The molecule has 2 aromatic carbocycles. The number of benzene rings is 2. The van der Waals surface area contributed by atoms with Gasteiger partial charge in [-0.1, -0.05) is 0 Å². The van der Waals surface area contributed by atoms with Crippen molar-refractivity contribution in [2.24, 2.45) is 0 Å². The first-order valence-electron chi connectivity index (χ1n) is 11.4. The van der Waals surface area contributed by atoms with Gasteiger partial charge in [0.25, 0.3) is 5.88 Å². The van der Waals surface area contributed by atoms with Crippen molar-refractivity contribution >= 4 is 28.7 Å². The van der Waals surface area contributed by atoms with Gasteiger partial charge in [-0.2, -0.15) is 0 Å². The van der Waals surface area contributed by atoms with Crippen molar-refractivity contribution in [3.63, 3.8) is 0 Å². The number of ether oxygens (including phenoxy) is 4. The highest BCUT2D eigenvalue weighted by Crippen LogP contribution is 2.36. The molecule has 184 valence electrons. The van der Waals surface area contributed by atoms with Crippen molar-refractivity contribution in [2.75, 3.05) is 14.2 Å². The predicted molar refractivity (Wildman–Crippen MR) is 131 cm³/mol. The number of esters is 1. The molecule has 1 aliphatic rings. The predicted octanol–water partition coefficient (Wildman–Crippen LogP) is 4.82. The molecule has 1 aliphatic heterocycles. The topological polar surface area (TPSA) is 102 Å². The van der Waals surface area contributed by atoms with Crippen LogP contribution in [0, 0.1) is 0 Å². The zero-order valence-electron chi connectivity index (χ0n) is 20.1. The number of ketones is 1. The third kappa shape index (κ3) is 4.43. The number of rotatable bonds is 8. The van der Waals surface area contributed by atoms with E-state index in [2.05, 4.69) is 16.6 Å². The number of carbonyl (C=O) groups excluding carboxylic acids is 2. The molecule has 0 saturated carbocycles. The number of allylic oxidation sites excluding steroid dienone is 1. The van der Waals surface area contributed by atoms with E-state index in [1.165, 1.54) is 7.11 Å². The molecule has 4 aromatic rings.